The van der Waals surface area contributed by atoms with Gasteiger partial charge >= 0.3 is 0 Å². The molecule has 4 N–H and O–H groups in total. The van der Waals surface area contributed by atoms with Crippen LogP contribution in [0.15, 0.2) is 18.2 Å². The lowest BCUT2D eigenvalue weighted by atomic mass is 10.4. The van der Waals surface area contributed by atoms with Crippen molar-refractivity contribution in [2.24, 2.45) is 5.84 Å². The average Bonchev–Trinajstić information content (AvgIpc) is 2.82. The lowest BCUT2D eigenvalue weighted by Gasteiger charge is -2.08. The summed E-state index contributed by atoms with van der Waals surface area (Å²) in [6.45, 7) is 0.972. The molecule has 0 unspecified atom stereocenters. The Bertz CT molecular complexity index is 548. The molecule has 8 heteroatoms. The second-order valence-electron chi connectivity index (χ2n) is 3.69. The third-order valence-electron chi connectivity index (χ3n) is 2.27. The highest BCUT2D eigenvalue weighted by molar-refractivity contribution is 7.16. The molecule has 19 heavy (non-hydrogen) atoms. The molecule has 0 atom stereocenters. The van der Waals surface area contributed by atoms with Gasteiger partial charge in [-0.25, -0.2) is 15.8 Å². The van der Waals surface area contributed by atoms with Crippen LogP contribution in [0.4, 0.5) is 11.6 Å². The maximum atomic E-state index is 5.88. The molecule has 2 heterocycles. The van der Waals surface area contributed by atoms with Crippen LogP contribution in [0.25, 0.3) is 0 Å². The van der Waals surface area contributed by atoms with Gasteiger partial charge in [0.25, 0.3) is 0 Å². The highest BCUT2D eigenvalue weighted by Crippen LogP contribution is 2.22. The molecule has 0 aromatic carbocycles. The maximum Gasteiger partial charge on any atom is 0.158 e. The zero-order chi connectivity index (χ0) is 13.7. The van der Waals surface area contributed by atoms with Crippen LogP contribution in [0, 0.1) is 0 Å². The Labute approximate surface area is 119 Å². The summed E-state index contributed by atoms with van der Waals surface area (Å²) in [5.41, 5.74) is 2.50. The van der Waals surface area contributed by atoms with E-state index in [1.165, 1.54) is 11.3 Å². The summed E-state index contributed by atoms with van der Waals surface area (Å²) < 4.78 is 5.78. The number of nitrogen functional groups attached to an aromatic ring is 1. The molecule has 0 fully saturated rings. The fourth-order valence-corrected chi connectivity index (χ4v) is 2.51. The number of hydrogen-bond donors (Lipinski definition) is 3. The van der Waals surface area contributed by atoms with E-state index in [1.54, 1.807) is 13.2 Å². The number of methoxy groups -OCH3 is 1. The fraction of sp³-hybridized carbons (Fsp3) is 0.273. The highest BCUT2D eigenvalue weighted by Gasteiger charge is 2.04. The summed E-state index contributed by atoms with van der Waals surface area (Å²) in [6, 6.07) is 5.57. The number of aromatic nitrogens is 2. The van der Waals surface area contributed by atoms with Crippen LogP contribution in [0.5, 0.6) is 0 Å². The molecule has 0 spiro atoms. The predicted molar refractivity (Wildman–Crippen MR) is 77.2 cm³/mol. The quantitative estimate of drug-likeness (QED) is 0.560. The Morgan fingerprint density at radius 1 is 1.37 bits per heavy atom. The number of anilines is 2. The summed E-state index contributed by atoms with van der Waals surface area (Å²) >= 11 is 7.40. The van der Waals surface area contributed by atoms with Crippen LogP contribution < -0.4 is 16.6 Å². The molecule has 2 rings (SSSR count). The van der Waals surface area contributed by atoms with E-state index in [0.717, 1.165) is 9.21 Å². The monoisotopic (exact) mass is 299 g/mol. The lowest BCUT2D eigenvalue weighted by Crippen LogP contribution is -2.12. The van der Waals surface area contributed by atoms with E-state index in [1.807, 2.05) is 12.1 Å². The molecular formula is C11H14ClN5OS. The highest BCUT2D eigenvalue weighted by atomic mass is 35.5. The molecule has 0 aliphatic carbocycles. The maximum absolute atomic E-state index is 5.88. The van der Waals surface area contributed by atoms with Gasteiger partial charge in [-0.1, -0.05) is 11.6 Å². The summed E-state index contributed by atoms with van der Waals surface area (Å²) in [4.78, 5) is 9.62. The van der Waals surface area contributed by atoms with Crippen molar-refractivity contribution in [3.05, 3.63) is 33.2 Å². The Morgan fingerprint density at radius 2 is 2.16 bits per heavy atom. The van der Waals surface area contributed by atoms with Crippen molar-refractivity contribution in [3.8, 4) is 0 Å². The smallest absolute Gasteiger partial charge is 0.158 e. The molecule has 2 aromatic rings. The van der Waals surface area contributed by atoms with Gasteiger partial charge in [0.1, 0.15) is 18.2 Å². The second kappa shape index (κ2) is 6.67. The number of hydrogen-bond acceptors (Lipinski definition) is 7. The molecule has 6 nitrogen and oxygen atoms in total. The van der Waals surface area contributed by atoms with Gasteiger partial charge in [0.2, 0.25) is 0 Å². The molecule has 0 aliphatic heterocycles. The van der Waals surface area contributed by atoms with Gasteiger partial charge in [-0.2, -0.15) is 0 Å². The zero-order valence-electron chi connectivity index (χ0n) is 10.3. The number of rotatable bonds is 6. The molecule has 0 amide bonds. The van der Waals surface area contributed by atoms with Crippen LogP contribution in [0.2, 0.25) is 4.34 Å². The summed E-state index contributed by atoms with van der Waals surface area (Å²) in [5, 5.41) is 3.20. The molecule has 2 aromatic heterocycles. The normalized spacial score (nSPS) is 10.5. The number of nitrogens with zero attached hydrogens (tertiary/aromatic N) is 2. The molecule has 0 bridgehead atoms. The van der Waals surface area contributed by atoms with Gasteiger partial charge in [-0.05, 0) is 12.1 Å². The Kier molecular flexibility index (Phi) is 4.92. The average molecular weight is 300 g/mol. The van der Waals surface area contributed by atoms with E-state index in [2.05, 4.69) is 20.7 Å². The minimum atomic E-state index is 0.328. The Morgan fingerprint density at radius 3 is 2.79 bits per heavy atom. The van der Waals surface area contributed by atoms with Gasteiger partial charge in [-0.15, -0.1) is 11.3 Å². The molecular weight excluding hydrogens is 286 g/mol. The van der Waals surface area contributed by atoms with Crippen LogP contribution in [-0.4, -0.2) is 17.1 Å². The van der Waals surface area contributed by atoms with Crippen molar-refractivity contribution in [1.82, 2.24) is 9.97 Å². The van der Waals surface area contributed by atoms with Gasteiger partial charge in [0.05, 0.1) is 10.9 Å². The van der Waals surface area contributed by atoms with Gasteiger partial charge in [-0.3, -0.25) is 0 Å². The van der Waals surface area contributed by atoms with Crippen LogP contribution in [-0.2, 0) is 17.9 Å². The third-order valence-corrected chi connectivity index (χ3v) is 3.50. The number of nitrogens with one attached hydrogen (secondary N) is 2. The van der Waals surface area contributed by atoms with Crippen molar-refractivity contribution < 1.29 is 4.74 Å². The van der Waals surface area contributed by atoms with Gasteiger partial charge in [0.15, 0.2) is 5.82 Å². The van der Waals surface area contributed by atoms with Crippen LogP contribution >= 0.6 is 22.9 Å². The van der Waals surface area contributed by atoms with E-state index >= 15 is 0 Å². The van der Waals surface area contributed by atoms with E-state index in [4.69, 9.17) is 22.2 Å². The third kappa shape index (κ3) is 4.03. The van der Waals surface area contributed by atoms with Crippen molar-refractivity contribution in [2.45, 2.75) is 13.2 Å². The van der Waals surface area contributed by atoms with Crippen molar-refractivity contribution >= 4 is 34.6 Å². The number of thiophene rings is 1. The largest absolute Gasteiger partial charge is 0.377 e. The minimum Gasteiger partial charge on any atom is -0.377 e. The van der Waals surface area contributed by atoms with Gasteiger partial charge in [0, 0.05) is 18.1 Å². The predicted octanol–water partition coefficient (Wildman–Crippen LogP) is 2.24. The van der Waals surface area contributed by atoms with E-state index < -0.39 is 0 Å². The number of nitrogens with two attached hydrogens (primary N) is 1. The zero-order valence-corrected chi connectivity index (χ0v) is 11.9. The minimum absolute atomic E-state index is 0.328. The first-order valence-corrected chi connectivity index (χ1v) is 6.72. The topological polar surface area (TPSA) is 85.1 Å². The summed E-state index contributed by atoms with van der Waals surface area (Å²) in [7, 11) is 1.59. The first-order valence-electron chi connectivity index (χ1n) is 5.53. The van der Waals surface area contributed by atoms with Crippen molar-refractivity contribution in [1.29, 1.82) is 0 Å². The number of ether oxygens (including phenoxy) is 1. The lowest BCUT2D eigenvalue weighted by molar-refractivity contribution is 0.178. The van der Waals surface area contributed by atoms with Gasteiger partial charge < -0.3 is 15.5 Å². The number of halogens is 1. The van der Waals surface area contributed by atoms with E-state index in [9.17, 15) is 0 Å². The summed E-state index contributed by atoms with van der Waals surface area (Å²) in [5.74, 6) is 7.15. The van der Waals surface area contributed by atoms with Crippen LogP contribution in [0.1, 0.15) is 10.7 Å². The molecule has 0 saturated carbocycles. The molecule has 0 aliphatic rings. The Hall–Kier alpha value is -1.41. The first-order chi connectivity index (χ1) is 9.21. The SMILES string of the molecule is COCc1nc(NN)cc(NCc2ccc(Cl)s2)n1. The molecule has 0 saturated heterocycles. The fourth-order valence-electron chi connectivity index (χ4n) is 1.48. The number of hydrazine groups is 1. The standard InChI is InChI=1S/C11H14ClN5OS/c1-18-6-11-15-9(4-10(16-11)17-13)14-5-7-2-3-8(12)19-7/h2-4H,5-6,13H2,1H3,(H2,14,15,16,17). The Balaban J connectivity index is 2.08. The molecule has 102 valence electrons. The second-order valence-corrected chi connectivity index (χ2v) is 5.49. The van der Waals surface area contributed by atoms with Crippen molar-refractivity contribution in [2.75, 3.05) is 17.9 Å². The van der Waals surface area contributed by atoms with Crippen LogP contribution in [0.3, 0.4) is 0 Å². The molecule has 0 radical (unpaired) electrons. The van der Waals surface area contributed by atoms with E-state index in [0.29, 0.717) is 30.6 Å². The van der Waals surface area contributed by atoms with E-state index in [-0.39, 0.29) is 0 Å². The summed E-state index contributed by atoms with van der Waals surface area (Å²) in [6.07, 6.45) is 0. The first kappa shape index (κ1) is 14.0. The van der Waals surface area contributed by atoms with Crippen molar-refractivity contribution in [3.63, 3.8) is 0 Å².